The molecule has 0 saturated carbocycles. The number of halogens is 1. The van der Waals surface area contributed by atoms with Gasteiger partial charge in [-0.15, -0.1) is 0 Å². The van der Waals surface area contributed by atoms with Crippen molar-refractivity contribution < 1.29 is 29.0 Å². The molecule has 0 bridgehead atoms. The van der Waals surface area contributed by atoms with Crippen LogP contribution in [0.3, 0.4) is 0 Å². The number of methoxy groups -OCH3 is 1. The van der Waals surface area contributed by atoms with Gasteiger partial charge in [-0.1, -0.05) is 11.6 Å². The van der Waals surface area contributed by atoms with E-state index in [0.717, 1.165) is 37.1 Å². The van der Waals surface area contributed by atoms with Crippen LogP contribution in [0.15, 0.2) is 42.5 Å². The van der Waals surface area contributed by atoms with Crippen LogP contribution in [0, 0.1) is 6.92 Å². The van der Waals surface area contributed by atoms with Crippen molar-refractivity contribution >= 4 is 40.3 Å². The van der Waals surface area contributed by atoms with Crippen molar-refractivity contribution in [2.75, 3.05) is 46.4 Å². The second-order valence-corrected chi connectivity index (χ2v) is 10.3. The number of carboxylic acid groups (broad SMARTS) is 1. The number of aliphatic carboxylic acids is 1. The molecule has 4 rings (SSSR count). The molecule has 1 fully saturated rings. The number of hydrogen-bond donors (Lipinski definition) is 1. The normalized spacial score (nSPS) is 15.3. The van der Waals surface area contributed by atoms with E-state index in [0.29, 0.717) is 40.6 Å². The minimum atomic E-state index is -0.788. The number of rotatable bonds is 10. The number of fused-ring (bicyclic) bond motifs is 1. The summed E-state index contributed by atoms with van der Waals surface area (Å²) in [6.45, 7) is 8.01. The summed E-state index contributed by atoms with van der Waals surface area (Å²) in [5, 5.41) is 10.2. The monoisotopic (exact) mass is 555 g/mol. The Morgan fingerprint density at radius 3 is 2.33 bits per heavy atom. The van der Waals surface area contributed by atoms with Gasteiger partial charge in [0, 0.05) is 60.9 Å². The zero-order chi connectivity index (χ0) is 28.1. The molecule has 10 heteroatoms. The highest BCUT2D eigenvalue weighted by Crippen LogP contribution is 2.31. The van der Waals surface area contributed by atoms with E-state index in [1.165, 1.54) is 0 Å². The largest absolute Gasteiger partial charge is 0.497 e. The first kappa shape index (κ1) is 28.6. The van der Waals surface area contributed by atoms with Gasteiger partial charge in [0.15, 0.2) is 0 Å². The second-order valence-electron chi connectivity index (χ2n) is 9.86. The molecule has 2 aromatic carbocycles. The summed E-state index contributed by atoms with van der Waals surface area (Å²) in [7, 11) is 1.57. The number of aromatic nitrogens is 1. The summed E-state index contributed by atoms with van der Waals surface area (Å²) in [4.78, 5) is 41.7. The Morgan fingerprint density at radius 1 is 1.03 bits per heavy atom. The third kappa shape index (κ3) is 6.98. The number of hydrogen-bond acceptors (Lipinski definition) is 7. The first-order valence-corrected chi connectivity index (χ1v) is 13.4. The summed E-state index contributed by atoms with van der Waals surface area (Å²) >= 11 is 6.01. The Morgan fingerprint density at radius 2 is 1.69 bits per heavy atom. The zero-order valence-corrected chi connectivity index (χ0v) is 23.2. The van der Waals surface area contributed by atoms with Crippen molar-refractivity contribution in [3.8, 4) is 5.75 Å². The second kappa shape index (κ2) is 12.6. The number of piperazine rings is 1. The maximum absolute atomic E-state index is 13.5. The van der Waals surface area contributed by atoms with Gasteiger partial charge in [-0.25, -0.2) is 0 Å². The average molecular weight is 556 g/mol. The third-order valence-electron chi connectivity index (χ3n) is 7.11. The molecular weight excluding hydrogens is 522 g/mol. The first-order chi connectivity index (χ1) is 18.7. The number of esters is 1. The van der Waals surface area contributed by atoms with Gasteiger partial charge in [-0.05, 0) is 61.9 Å². The molecule has 1 unspecified atom stereocenters. The molecule has 1 atom stereocenters. The summed E-state index contributed by atoms with van der Waals surface area (Å²) in [6.07, 6.45) is -0.160. The highest BCUT2D eigenvalue weighted by molar-refractivity contribution is 6.30. The molecule has 1 N–H and O–H groups in total. The molecule has 3 aromatic rings. The molecule has 39 heavy (non-hydrogen) atoms. The molecule has 0 aliphatic carbocycles. The fraction of sp³-hybridized carbons (Fsp3) is 0.414. The minimum absolute atomic E-state index is 0.0176. The molecule has 0 radical (unpaired) electrons. The van der Waals surface area contributed by atoms with Crippen LogP contribution in [0.1, 0.15) is 35.0 Å². The SMILES string of the molecule is COc1ccc2c(c1)c(CC(=O)OC(C)CN1CCN(CCC(=O)O)CC1)c(C)n2C(=O)c1ccc(Cl)cc1. The fourth-order valence-corrected chi connectivity index (χ4v) is 5.18. The van der Waals surface area contributed by atoms with Crippen LogP contribution >= 0.6 is 11.6 Å². The van der Waals surface area contributed by atoms with Crippen LogP contribution < -0.4 is 4.74 Å². The van der Waals surface area contributed by atoms with Gasteiger partial charge < -0.3 is 19.5 Å². The highest BCUT2D eigenvalue weighted by Gasteiger charge is 2.24. The van der Waals surface area contributed by atoms with Gasteiger partial charge in [-0.3, -0.25) is 23.9 Å². The van der Waals surface area contributed by atoms with E-state index in [1.807, 2.05) is 26.0 Å². The molecule has 1 saturated heterocycles. The van der Waals surface area contributed by atoms with Crippen molar-refractivity contribution in [1.29, 1.82) is 0 Å². The van der Waals surface area contributed by atoms with E-state index in [4.69, 9.17) is 26.2 Å². The Labute approximate surface area is 232 Å². The predicted octanol–water partition coefficient (Wildman–Crippen LogP) is 3.87. The lowest BCUT2D eigenvalue weighted by molar-refractivity contribution is -0.148. The van der Waals surface area contributed by atoms with Gasteiger partial charge >= 0.3 is 11.9 Å². The third-order valence-corrected chi connectivity index (χ3v) is 7.36. The Bertz CT molecular complexity index is 1350. The van der Waals surface area contributed by atoms with Gasteiger partial charge in [-0.2, -0.15) is 0 Å². The maximum atomic E-state index is 13.5. The van der Waals surface area contributed by atoms with Crippen LogP contribution in [-0.2, 0) is 20.7 Å². The molecule has 0 spiro atoms. The van der Waals surface area contributed by atoms with E-state index < -0.39 is 5.97 Å². The standard InChI is InChI=1S/C29H34ClN3O6/c1-19(18-32-14-12-31(13-15-32)11-10-27(34)35)39-28(36)17-24-20(2)33(26-9-8-23(38-3)16-25(24)26)29(37)21-4-6-22(30)7-5-21/h4-9,16,19H,10-15,17-18H2,1-3H3,(H,34,35). The van der Waals surface area contributed by atoms with Gasteiger partial charge in [0.25, 0.3) is 5.91 Å². The molecule has 1 aromatic heterocycles. The van der Waals surface area contributed by atoms with Crippen molar-refractivity contribution in [3.63, 3.8) is 0 Å². The van der Waals surface area contributed by atoms with E-state index in [2.05, 4.69) is 9.80 Å². The van der Waals surface area contributed by atoms with E-state index >= 15 is 0 Å². The smallest absolute Gasteiger partial charge is 0.310 e. The quantitative estimate of drug-likeness (QED) is 0.376. The van der Waals surface area contributed by atoms with Crippen molar-refractivity contribution in [3.05, 3.63) is 64.3 Å². The molecule has 9 nitrogen and oxygen atoms in total. The van der Waals surface area contributed by atoms with Crippen molar-refractivity contribution in [2.24, 2.45) is 0 Å². The van der Waals surface area contributed by atoms with Crippen molar-refractivity contribution in [2.45, 2.75) is 32.8 Å². The number of nitrogens with zero attached hydrogens (tertiary/aromatic N) is 3. The molecule has 1 aliphatic rings. The van der Waals surface area contributed by atoms with Gasteiger partial charge in [0.05, 0.1) is 25.5 Å². The number of carbonyl (C=O) groups is 3. The molecule has 1 aliphatic heterocycles. The molecule has 0 amide bonds. The van der Waals surface area contributed by atoms with Crippen LogP contribution in [0.4, 0.5) is 0 Å². The number of carbonyl (C=O) groups excluding carboxylic acids is 2. The lowest BCUT2D eigenvalue weighted by atomic mass is 10.1. The molecular formula is C29H34ClN3O6. The number of benzene rings is 2. The Hall–Kier alpha value is -3.40. The van der Waals surface area contributed by atoms with Crippen LogP contribution in [-0.4, -0.2) is 89.8 Å². The Kier molecular flexibility index (Phi) is 9.27. The zero-order valence-electron chi connectivity index (χ0n) is 22.5. The topological polar surface area (TPSA) is 101 Å². The first-order valence-electron chi connectivity index (χ1n) is 13.0. The molecule has 2 heterocycles. The predicted molar refractivity (Wildman–Crippen MR) is 149 cm³/mol. The Balaban J connectivity index is 1.45. The highest BCUT2D eigenvalue weighted by atomic mass is 35.5. The average Bonchev–Trinajstić information content (AvgIpc) is 3.18. The maximum Gasteiger partial charge on any atom is 0.310 e. The van der Waals surface area contributed by atoms with E-state index in [-0.39, 0.29) is 30.8 Å². The summed E-state index contributed by atoms with van der Waals surface area (Å²) in [5.74, 6) is -0.741. The van der Waals surface area contributed by atoms with Gasteiger partial charge in [0.2, 0.25) is 0 Å². The van der Waals surface area contributed by atoms with Crippen LogP contribution in [0.2, 0.25) is 5.02 Å². The summed E-state index contributed by atoms with van der Waals surface area (Å²) in [6, 6.07) is 12.2. The van der Waals surface area contributed by atoms with Crippen molar-refractivity contribution in [1.82, 2.24) is 14.4 Å². The van der Waals surface area contributed by atoms with Crippen LogP contribution in [0.5, 0.6) is 5.75 Å². The summed E-state index contributed by atoms with van der Waals surface area (Å²) in [5.41, 5.74) is 2.56. The van der Waals surface area contributed by atoms with E-state index in [9.17, 15) is 14.4 Å². The number of carboxylic acids is 1. The fourth-order valence-electron chi connectivity index (χ4n) is 5.06. The van der Waals surface area contributed by atoms with Gasteiger partial charge in [0.1, 0.15) is 11.9 Å². The lowest BCUT2D eigenvalue weighted by Gasteiger charge is -2.35. The molecule has 208 valence electrons. The van der Waals surface area contributed by atoms with E-state index in [1.54, 1.807) is 42.0 Å². The number of ether oxygens (including phenoxy) is 2. The summed E-state index contributed by atoms with van der Waals surface area (Å²) < 4.78 is 12.8. The van der Waals surface area contributed by atoms with Crippen LogP contribution in [0.25, 0.3) is 10.9 Å². The lowest BCUT2D eigenvalue weighted by Crippen LogP contribution is -2.49. The minimum Gasteiger partial charge on any atom is -0.497 e.